The Balaban J connectivity index is 3.02. The molecule has 1 N–H and O–H groups in total. The van der Waals surface area contributed by atoms with Crippen molar-refractivity contribution in [3.8, 4) is 0 Å². The smallest absolute Gasteiger partial charge is 0.167 e. The van der Waals surface area contributed by atoms with Crippen molar-refractivity contribution in [1.29, 1.82) is 0 Å². The molecule has 0 fully saturated rings. The second kappa shape index (κ2) is 1.75. The van der Waals surface area contributed by atoms with Crippen LogP contribution < -0.4 is 0 Å². The molecule has 0 heterocycles. The minimum absolute atomic E-state index is 0.718. The van der Waals surface area contributed by atoms with E-state index in [4.69, 9.17) is 5.11 Å². The molecule has 1 nitrogen and oxygen atoms in total. The first-order chi connectivity index (χ1) is 2.00. The average molecular weight is 251 g/mol. The largest absolute Gasteiger partial charge is 0.370 e. The zero-order valence-corrected chi connectivity index (χ0v) is 6.45. The van der Waals surface area contributed by atoms with Gasteiger partial charge in [0.1, 0.15) is 0 Å². The van der Waals surface area contributed by atoms with Crippen LogP contribution in [0.5, 0.6) is 0 Å². The Kier molecular flexibility index (Phi) is 2.16. The highest BCUT2D eigenvalue weighted by molar-refractivity contribution is 14.1. The highest BCUT2D eigenvalue weighted by Crippen LogP contribution is 2.19. The van der Waals surface area contributed by atoms with E-state index in [2.05, 4.69) is 15.9 Å². The Hall–Kier alpha value is 1.17. The van der Waals surface area contributed by atoms with E-state index in [1.54, 1.807) is 6.92 Å². The number of alkyl halides is 2. The summed E-state index contributed by atoms with van der Waals surface area (Å²) in [6.07, 6.45) is 0. The van der Waals surface area contributed by atoms with Gasteiger partial charge < -0.3 is 5.11 Å². The molecule has 0 aromatic carbocycles. The van der Waals surface area contributed by atoms with E-state index in [1.165, 1.54) is 0 Å². The Morgan fingerprint density at radius 2 is 2.00 bits per heavy atom. The molecule has 0 radical (unpaired) electrons. The van der Waals surface area contributed by atoms with Crippen LogP contribution in [0.15, 0.2) is 0 Å². The van der Waals surface area contributed by atoms with Crippen molar-refractivity contribution in [2.24, 2.45) is 0 Å². The van der Waals surface area contributed by atoms with E-state index in [1.807, 2.05) is 22.6 Å². The minimum atomic E-state index is -0.718. The van der Waals surface area contributed by atoms with E-state index < -0.39 is 2.52 Å². The van der Waals surface area contributed by atoms with E-state index >= 15 is 0 Å². The standard InChI is InChI=1S/C2H4BrIO/c1-2(3,4)5/h5H,1H3. The summed E-state index contributed by atoms with van der Waals surface area (Å²) in [7, 11) is 0. The first-order valence-corrected chi connectivity index (χ1v) is 2.97. The molecule has 0 aliphatic carbocycles. The normalized spacial score (nSPS) is 21.6. The molecular weight excluding hydrogens is 247 g/mol. The van der Waals surface area contributed by atoms with Gasteiger partial charge in [0, 0.05) is 0 Å². The molecule has 0 saturated heterocycles. The Bertz CT molecular complexity index is 25.1. The van der Waals surface area contributed by atoms with Crippen LogP contribution in [0.4, 0.5) is 0 Å². The van der Waals surface area contributed by atoms with Crippen molar-refractivity contribution in [3.05, 3.63) is 0 Å². The molecule has 1 unspecified atom stereocenters. The van der Waals surface area contributed by atoms with E-state index in [0.29, 0.717) is 0 Å². The monoisotopic (exact) mass is 250 g/mol. The first kappa shape index (κ1) is 6.17. The molecular formula is C2H4BrIO. The maximum atomic E-state index is 8.42. The molecule has 0 rings (SSSR count). The number of halogens is 2. The maximum Gasteiger partial charge on any atom is 0.167 e. The summed E-state index contributed by atoms with van der Waals surface area (Å²) in [5.74, 6) is 0. The van der Waals surface area contributed by atoms with Gasteiger partial charge in [0.25, 0.3) is 0 Å². The Morgan fingerprint density at radius 3 is 2.00 bits per heavy atom. The molecule has 32 valence electrons. The highest BCUT2D eigenvalue weighted by atomic mass is 127. The molecule has 0 amide bonds. The quantitative estimate of drug-likeness (QED) is 0.510. The third kappa shape index (κ3) is 38.0. The molecule has 3 heteroatoms. The number of rotatable bonds is 0. The van der Waals surface area contributed by atoms with Gasteiger partial charge >= 0.3 is 0 Å². The van der Waals surface area contributed by atoms with Gasteiger partial charge in [0.2, 0.25) is 0 Å². The van der Waals surface area contributed by atoms with Crippen LogP contribution in [0.25, 0.3) is 0 Å². The van der Waals surface area contributed by atoms with Crippen LogP contribution in [0.1, 0.15) is 6.92 Å². The maximum absolute atomic E-state index is 8.42. The lowest BCUT2D eigenvalue weighted by Crippen LogP contribution is -1.97. The summed E-state index contributed by atoms with van der Waals surface area (Å²) >= 11 is 4.77. The van der Waals surface area contributed by atoms with Crippen LogP contribution >= 0.6 is 38.5 Å². The van der Waals surface area contributed by atoms with E-state index in [0.717, 1.165) is 0 Å². The topological polar surface area (TPSA) is 20.2 Å². The highest BCUT2D eigenvalue weighted by Gasteiger charge is 2.04. The minimum Gasteiger partial charge on any atom is -0.370 e. The first-order valence-electron chi connectivity index (χ1n) is 1.10. The van der Waals surface area contributed by atoms with Crippen LogP contribution in [0.2, 0.25) is 0 Å². The van der Waals surface area contributed by atoms with Gasteiger partial charge in [-0.05, 0) is 45.4 Å². The predicted molar refractivity (Wildman–Crippen MR) is 33.6 cm³/mol. The molecule has 0 aromatic rings. The average Bonchev–Trinajstić information content (AvgIpc) is 0.722. The third-order valence-corrected chi connectivity index (χ3v) is 0. The summed E-state index contributed by atoms with van der Waals surface area (Å²) in [5.41, 5.74) is 0. The lowest BCUT2D eigenvalue weighted by Gasteiger charge is -1.98. The fourth-order valence-corrected chi connectivity index (χ4v) is 0. The van der Waals surface area contributed by atoms with Gasteiger partial charge in [-0.3, -0.25) is 0 Å². The molecule has 0 spiro atoms. The van der Waals surface area contributed by atoms with Gasteiger partial charge in [-0.15, -0.1) is 0 Å². The van der Waals surface area contributed by atoms with Crippen LogP contribution in [-0.4, -0.2) is 7.62 Å². The van der Waals surface area contributed by atoms with Crippen molar-refractivity contribution in [1.82, 2.24) is 0 Å². The summed E-state index contributed by atoms with van der Waals surface area (Å²) in [4.78, 5) is 0. The van der Waals surface area contributed by atoms with Gasteiger partial charge in [-0.2, -0.15) is 0 Å². The van der Waals surface area contributed by atoms with Crippen molar-refractivity contribution in [3.63, 3.8) is 0 Å². The van der Waals surface area contributed by atoms with E-state index in [9.17, 15) is 0 Å². The zero-order chi connectivity index (χ0) is 4.50. The van der Waals surface area contributed by atoms with Crippen LogP contribution in [-0.2, 0) is 0 Å². The van der Waals surface area contributed by atoms with Crippen molar-refractivity contribution in [2.75, 3.05) is 0 Å². The molecule has 0 saturated carbocycles. The van der Waals surface area contributed by atoms with Gasteiger partial charge in [-0.1, -0.05) is 0 Å². The van der Waals surface area contributed by atoms with Crippen molar-refractivity contribution < 1.29 is 5.11 Å². The lowest BCUT2D eigenvalue weighted by molar-refractivity contribution is 0.275. The molecule has 0 aliphatic rings. The SMILES string of the molecule is CC(O)(Br)I. The summed E-state index contributed by atoms with van der Waals surface area (Å²) in [6.45, 7) is 1.65. The lowest BCUT2D eigenvalue weighted by atomic mass is 10.9. The second-order valence-electron chi connectivity index (χ2n) is 0.842. The second-order valence-corrected chi connectivity index (χ2v) is 5.97. The Labute approximate surface area is 53.0 Å². The van der Waals surface area contributed by atoms with E-state index in [-0.39, 0.29) is 0 Å². The van der Waals surface area contributed by atoms with Crippen molar-refractivity contribution >= 4 is 38.5 Å². The number of hydrogen-bond acceptors (Lipinski definition) is 1. The number of aliphatic hydroxyl groups is 1. The molecule has 0 aromatic heterocycles. The number of hydrogen-bond donors (Lipinski definition) is 1. The fraction of sp³-hybridized carbons (Fsp3) is 1.00. The summed E-state index contributed by atoms with van der Waals surface area (Å²) in [5, 5.41) is 8.42. The molecule has 1 atom stereocenters. The predicted octanol–water partition coefficient (Wildman–Crippen LogP) is 1.48. The van der Waals surface area contributed by atoms with Crippen molar-refractivity contribution in [2.45, 2.75) is 9.44 Å². The molecule has 0 bridgehead atoms. The zero-order valence-electron chi connectivity index (χ0n) is 2.70. The summed E-state index contributed by atoms with van der Waals surface area (Å²) in [6, 6.07) is 0. The Morgan fingerprint density at radius 1 is 2.00 bits per heavy atom. The fourth-order valence-electron chi connectivity index (χ4n) is 0. The molecule has 0 aliphatic heterocycles. The molecule has 5 heavy (non-hydrogen) atoms. The van der Waals surface area contributed by atoms with Gasteiger partial charge in [0.15, 0.2) is 2.52 Å². The van der Waals surface area contributed by atoms with Crippen LogP contribution in [0, 0.1) is 0 Å². The van der Waals surface area contributed by atoms with Crippen LogP contribution in [0.3, 0.4) is 0 Å². The summed E-state index contributed by atoms with van der Waals surface area (Å²) < 4.78 is -0.718. The van der Waals surface area contributed by atoms with Gasteiger partial charge in [0.05, 0.1) is 0 Å². The van der Waals surface area contributed by atoms with Gasteiger partial charge in [-0.25, -0.2) is 0 Å². The third-order valence-electron chi connectivity index (χ3n) is 0.